The van der Waals surface area contributed by atoms with Crippen molar-refractivity contribution in [3.05, 3.63) is 29.8 Å². The molecule has 0 atom stereocenters. The van der Waals surface area contributed by atoms with Gasteiger partial charge in [-0.15, -0.1) is 0 Å². The highest BCUT2D eigenvalue weighted by Crippen LogP contribution is 2.23. The van der Waals surface area contributed by atoms with Crippen molar-refractivity contribution in [2.24, 2.45) is 0 Å². The van der Waals surface area contributed by atoms with E-state index in [1.807, 2.05) is 6.92 Å². The summed E-state index contributed by atoms with van der Waals surface area (Å²) in [4.78, 5) is -0.191. The molecule has 0 saturated carbocycles. The molecule has 0 N–H and O–H groups in total. The summed E-state index contributed by atoms with van der Waals surface area (Å²) in [6, 6.07) is 7.45. The zero-order valence-electron chi connectivity index (χ0n) is 11.4. The third-order valence-electron chi connectivity index (χ3n) is 2.77. The third kappa shape index (κ3) is 5.02. The molecular weight excluding hydrogens is 305 g/mol. The van der Waals surface area contributed by atoms with Gasteiger partial charge in [0.1, 0.15) is 6.54 Å². The van der Waals surface area contributed by atoms with E-state index < -0.39 is 29.3 Å². The number of benzene rings is 1. The van der Waals surface area contributed by atoms with Gasteiger partial charge in [-0.3, -0.25) is 0 Å². The molecule has 0 amide bonds. The summed E-state index contributed by atoms with van der Waals surface area (Å²) in [5.41, 5.74) is 0.711. The van der Waals surface area contributed by atoms with E-state index in [0.29, 0.717) is 16.3 Å². The molecule has 1 aromatic carbocycles. The Hall–Kier alpha value is -1.59. The molecule has 0 unspecified atom stereocenters. The molecule has 0 aromatic heterocycles. The van der Waals surface area contributed by atoms with Gasteiger partial charge in [-0.05, 0) is 24.1 Å². The minimum Gasteiger partial charge on any atom is -0.207 e. The van der Waals surface area contributed by atoms with Crippen LogP contribution in [-0.4, -0.2) is 32.0 Å². The summed E-state index contributed by atoms with van der Waals surface area (Å²) in [6.07, 6.45) is -4.39. The van der Waals surface area contributed by atoms with Crippen LogP contribution in [0.2, 0.25) is 0 Å². The molecule has 0 heterocycles. The summed E-state index contributed by atoms with van der Waals surface area (Å²) < 4.78 is 62.5. The van der Waals surface area contributed by atoms with Crippen LogP contribution < -0.4 is 0 Å². The lowest BCUT2D eigenvalue weighted by Crippen LogP contribution is -2.39. The number of sulfonamides is 1. The number of aryl methyl sites for hydroxylation is 1. The highest BCUT2D eigenvalue weighted by atomic mass is 32.2. The predicted molar refractivity (Wildman–Crippen MR) is 70.9 cm³/mol. The van der Waals surface area contributed by atoms with Crippen molar-refractivity contribution in [3.63, 3.8) is 0 Å². The summed E-state index contributed by atoms with van der Waals surface area (Å²) in [5.74, 6) is 0. The van der Waals surface area contributed by atoms with Crippen LogP contribution in [0.4, 0.5) is 13.2 Å². The fraction of sp³-hybridized carbons (Fsp3) is 0.462. The zero-order valence-corrected chi connectivity index (χ0v) is 12.2. The lowest BCUT2D eigenvalue weighted by Gasteiger charge is -2.22. The Morgan fingerprint density at radius 1 is 1.33 bits per heavy atom. The fourth-order valence-corrected chi connectivity index (χ4v) is 3.23. The summed E-state index contributed by atoms with van der Waals surface area (Å²) >= 11 is 0. The molecule has 21 heavy (non-hydrogen) atoms. The second-order valence-electron chi connectivity index (χ2n) is 4.36. The van der Waals surface area contributed by atoms with E-state index in [-0.39, 0.29) is 11.3 Å². The first kappa shape index (κ1) is 17.5. The standard InChI is InChI=1S/C13H15F3N2O2S/c1-2-11-5-3-6-12(9-11)21(19,20)18(8-4-7-17)10-13(14,15)16/h3,5-6,9H,2,4,8,10H2,1H3. The van der Waals surface area contributed by atoms with E-state index in [1.165, 1.54) is 18.2 Å². The Kier molecular flexibility index (Phi) is 5.75. The van der Waals surface area contributed by atoms with E-state index >= 15 is 0 Å². The largest absolute Gasteiger partial charge is 0.402 e. The van der Waals surface area contributed by atoms with Gasteiger partial charge in [0, 0.05) is 13.0 Å². The molecule has 8 heteroatoms. The molecule has 1 rings (SSSR count). The maximum atomic E-state index is 12.5. The number of nitrogens with zero attached hydrogens (tertiary/aromatic N) is 2. The first-order valence-corrected chi connectivity index (χ1v) is 7.67. The molecule has 0 bridgehead atoms. The maximum absolute atomic E-state index is 12.5. The number of nitriles is 1. The first-order valence-electron chi connectivity index (χ1n) is 6.23. The molecule has 116 valence electrons. The van der Waals surface area contributed by atoms with Crippen LogP contribution in [0.1, 0.15) is 18.9 Å². The van der Waals surface area contributed by atoms with Gasteiger partial charge in [-0.25, -0.2) is 8.42 Å². The van der Waals surface area contributed by atoms with E-state index in [2.05, 4.69) is 0 Å². The van der Waals surface area contributed by atoms with Gasteiger partial charge < -0.3 is 0 Å². The Balaban J connectivity index is 3.16. The van der Waals surface area contributed by atoms with E-state index in [9.17, 15) is 21.6 Å². The van der Waals surface area contributed by atoms with E-state index in [4.69, 9.17) is 5.26 Å². The lowest BCUT2D eigenvalue weighted by molar-refractivity contribution is -0.136. The van der Waals surface area contributed by atoms with Gasteiger partial charge in [0.25, 0.3) is 0 Å². The van der Waals surface area contributed by atoms with Crippen LogP contribution in [-0.2, 0) is 16.4 Å². The number of hydrogen-bond acceptors (Lipinski definition) is 3. The van der Waals surface area contributed by atoms with Gasteiger partial charge in [0.05, 0.1) is 11.0 Å². The number of hydrogen-bond donors (Lipinski definition) is 0. The van der Waals surface area contributed by atoms with Crippen LogP contribution in [0.25, 0.3) is 0 Å². The highest BCUT2D eigenvalue weighted by Gasteiger charge is 2.36. The van der Waals surface area contributed by atoms with E-state index in [1.54, 1.807) is 12.1 Å². The summed E-state index contributed by atoms with van der Waals surface area (Å²) in [6.45, 7) is -0.281. The van der Waals surface area contributed by atoms with Gasteiger partial charge in [-0.2, -0.15) is 22.7 Å². The van der Waals surface area contributed by atoms with Gasteiger partial charge in [0.2, 0.25) is 10.0 Å². The van der Waals surface area contributed by atoms with Crippen molar-refractivity contribution in [2.75, 3.05) is 13.1 Å². The molecule has 0 fully saturated rings. The Morgan fingerprint density at radius 2 is 2.00 bits per heavy atom. The Morgan fingerprint density at radius 3 is 2.52 bits per heavy atom. The van der Waals surface area contributed by atoms with Crippen LogP contribution in [0.5, 0.6) is 0 Å². The van der Waals surface area contributed by atoms with Crippen molar-refractivity contribution in [1.82, 2.24) is 4.31 Å². The molecule has 0 aliphatic carbocycles. The first-order chi connectivity index (χ1) is 9.70. The number of rotatable bonds is 6. The van der Waals surface area contributed by atoms with Crippen LogP contribution in [0.15, 0.2) is 29.2 Å². The molecule has 4 nitrogen and oxygen atoms in total. The second-order valence-corrected chi connectivity index (χ2v) is 6.30. The molecule has 0 aliphatic rings. The second kappa shape index (κ2) is 6.91. The summed E-state index contributed by atoms with van der Waals surface area (Å²) in [5, 5.41) is 8.48. The molecule has 0 radical (unpaired) electrons. The third-order valence-corrected chi connectivity index (χ3v) is 4.61. The van der Waals surface area contributed by atoms with Crippen molar-refractivity contribution in [1.29, 1.82) is 5.26 Å². The Bertz CT molecular complexity index is 621. The number of alkyl halides is 3. The quantitative estimate of drug-likeness (QED) is 0.809. The fourth-order valence-electron chi connectivity index (χ4n) is 1.73. The average molecular weight is 320 g/mol. The highest BCUT2D eigenvalue weighted by molar-refractivity contribution is 7.89. The van der Waals surface area contributed by atoms with Crippen LogP contribution in [0, 0.1) is 11.3 Å². The Labute approximate surface area is 121 Å². The SMILES string of the molecule is CCc1cccc(S(=O)(=O)N(CCC#N)CC(F)(F)F)c1. The zero-order chi connectivity index (χ0) is 16.1. The van der Waals surface area contributed by atoms with Gasteiger partial charge in [0.15, 0.2) is 0 Å². The smallest absolute Gasteiger partial charge is 0.207 e. The molecule has 0 saturated heterocycles. The van der Waals surface area contributed by atoms with Gasteiger partial charge in [-0.1, -0.05) is 19.1 Å². The predicted octanol–water partition coefficient (Wildman–Crippen LogP) is 2.72. The van der Waals surface area contributed by atoms with Crippen LogP contribution >= 0.6 is 0 Å². The van der Waals surface area contributed by atoms with Crippen molar-refractivity contribution < 1.29 is 21.6 Å². The molecular formula is C13H15F3N2O2S. The van der Waals surface area contributed by atoms with Crippen molar-refractivity contribution in [3.8, 4) is 6.07 Å². The lowest BCUT2D eigenvalue weighted by atomic mass is 10.2. The molecule has 1 aromatic rings. The van der Waals surface area contributed by atoms with Crippen molar-refractivity contribution >= 4 is 10.0 Å². The summed E-state index contributed by atoms with van der Waals surface area (Å²) in [7, 11) is -4.28. The minimum atomic E-state index is -4.66. The normalized spacial score (nSPS) is 12.4. The average Bonchev–Trinajstić information content (AvgIpc) is 2.42. The minimum absolute atomic E-state index is 0.191. The van der Waals surface area contributed by atoms with E-state index in [0.717, 1.165) is 0 Å². The molecule has 0 spiro atoms. The van der Waals surface area contributed by atoms with Crippen molar-refractivity contribution in [2.45, 2.75) is 30.8 Å². The maximum Gasteiger partial charge on any atom is 0.402 e. The van der Waals surface area contributed by atoms with Gasteiger partial charge >= 0.3 is 6.18 Å². The molecule has 0 aliphatic heterocycles. The van der Waals surface area contributed by atoms with Crippen LogP contribution in [0.3, 0.4) is 0 Å². The topological polar surface area (TPSA) is 61.2 Å². The monoisotopic (exact) mass is 320 g/mol. The number of halogens is 3.